The van der Waals surface area contributed by atoms with E-state index in [1.165, 1.54) is 11.3 Å². The Morgan fingerprint density at radius 2 is 1.72 bits per heavy atom. The first-order valence-corrected chi connectivity index (χ1v) is 16.0. The minimum atomic E-state index is -2.97. The predicted molar refractivity (Wildman–Crippen MR) is 169 cm³/mol. The van der Waals surface area contributed by atoms with E-state index in [0.717, 1.165) is 10.5 Å². The molecule has 11 nitrogen and oxygen atoms in total. The number of halogens is 2. The van der Waals surface area contributed by atoms with Crippen LogP contribution in [0.25, 0.3) is 0 Å². The number of carbonyl (C=O) groups excluding carboxylic acids is 4. The summed E-state index contributed by atoms with van der Waals surface area (Å²) >= 11 is 1.23. The van der Waals surface area contributed by atoms with Crippen LogP contribution in [0.2, 0.25) is 0 Å². The fourth-order valence-electron chi connectivity index (χ4n) is 5.38. The highest BCUT2D eigenvalue weighted by Gasteiger charge is 2.75. The van der Waals surface area contributed by atoms with Gasteiger partial charge in [0.2, 0.25) is 17.7 Å². The van der Waals surface area contributed by atoms with Gasteiger partial charge in [-0.2, -0.15) is 0 Å². The molecule has 1 aromatic heterocycles. The second kappa shape index (κ2) is 14.7. The van der Waals surface area contributed by atoms with Crippen LogP contribution in [0.1, 0.15) is 41.7 Å². The molecule has 0 radical (unpaired) electrons. The van der Waals surface area contributed by atoms with E-state index in [9.17, 15) is 28.0 Å². The number of para-hydroxylation sites is 1. The fraction of sp³-hybridized carbons (Fsp3) is 0.364. The average molecular weight is 668 g/mol. The quantitative estimate of drug-likeness (QED) is 0.122. The van der Waals surface area contributed by atoms with Gasteiger partial charge in [0.25, 0.3) is 5.92 Å². The molecule has 2 aliphatic rings. The van der Waals surface area contributed by atoms with E-state index in [0.29, 0.717) is 29.2 Å². The van der Waals surface area contributed by atoms with Crippen molar-refractivity contribution in [1.29, 1.82) is 5.41 Å². The number of nitrogens with one attached hydrogen (secondary N) is 4. The molecule has 2 aromatic carbocycles. The third kappa shape index (κ3) is 8.70. The number of thiophene rings is 1. The molecule has 2 heterocycles. The molecule has 1 aliphatic carbocycles. The van der Waals surface area contributed by atoms with Gasteiger partial charge in [-0.25, -0.2) is 13.6 Å². The van der Waals surface area contributed by atoms with Gasteiger partial charge < -0.3 is 25.0 Å². The summed E-state index contributed by atoms with van der Waals surface area (Å²) in [4.78, 5) is 52.5. The summed E-state index contributed by atoms with van der Waals surface area (Å²) in [6.45, 7) is -0.308. The number of benzene rings is 2. The van der Waals surface area contributed by atoms with Crippen LogP contribution in [0.4, 0.5) is 13.6 Å². The number of hydrogen-bond acceptors (Lipinski definition) is 8. The Bertz CT molecular complexity index is 1600. The molecule has 14 heteroatoms. The van der Waals surface area contributed by atoms with E-state index >= 15 is 0 Å². The van der Waals surface area contributed by atoms with E-state index in [-0.39, 0.29) is 44.3 Å². The zero-order valence-electron chi connectivity index (χ0n) is 25.4. The summed E-state index contributed by atoms with van der Waals surface area (Å²) in [6, 6.07) is 18.7. The zero-order chi connectivity index (χ0) is 33.4. The van der Waals surface area contributed by atoms with Crippen LogP contribution < -0.4 is 20.7 Å². The average Bonchev–Trinajstić information content (AvgIpc) is 3.42. The molecule has 47 heavy (non-hydrogen) atoms. The van der Waals surface area contributed by atoms with Crippen molar-refractivity contribution in [1.82, 2.24) is 20.9 Å². The van der Waals surface area contributed by atoms with Crippen LogP contribution in [0.15, 0.2) is 72.1 Å². The van der Waals surface area contributed by atoms with Crippen molar-refractivity contribution < 1.29 is 37.4 Å². The number of amides is 4. The minimum Gasteiger partial charge on any atom is -0.494 e. The molecule has 2 atom stereocenters. The fourth-order valence-corrected chi connectivity index (χ4v) is 6.20. The number of alkyl halides is 2. The highest BCUT2D eigenvalue weighted by atomic mass is 32.1. The van der Waals surface area contributed by atoms with Gasteiger partial charge in [0.1, 0.15) is 24.2 Å². The Labute approximate surface area is 274 Å². The van der Waals surface area contributed by atoms with Crippen molar-refractivity contribution >= 4 is 41.0 Å². The highest BCUT2D eigenvalue weighted by Crippen LogP contribution is 2.66. The largest absolute Gasteiger partial charge is 0.494 e. The maximum atomic E-state index is 14.3. The number of rotatable bonds is 13. The van der Waals surface area contributed by atoms with Crippen LogP contribution in [-0.4, -0.2) is 66.2 Å². The normalized spacial score (nSPS) is 19.1. The maximum Gasteiger partial charge on any atom is 0.413 e. The van der Waals surface area contributed by atoms with Gasteiger partial charge in [0.15, 0.2) is 0 Å². The van der Waals surface area contributed by atoms with Crippen LogP contribution in [0.3, 0.4) is 0 Å². The SMILES string of the molecule is N=C(NC(=O)OCc1ccccc1)c1csc(CNC(=O)[C@@H]2C[C@@]3(CN2C(=O)CNC(=O)CCCOc2ccccc2)CC3(F)F)c1. The van der Waals surface area contributed by atoms with Crippen molar-refractivity contribution in [2.45, 2.75) is 50.8 Å². The Kier molecular flexibility index (Phi) is 10.5. The van der Waals surface area contributed by atoms with Gasteiger partial charge in [-0.15, -0.1) is 11.3 Å². The number of nitrogens with zero attached hydrogens (tertiary/aromatic N) is 1. The van der Waals surface area contributed by atoms with E-state index < -0.39 is 48.3 Å². The zero-order valence-corrected chi connectivity index (χ0v) is 26.2. The molecule has 4 N–H and O–H groups in total. The smallest absolute Gasteiger partial charge is 0.413 e. The molecule has 3 aromatic rings. The van der Waals surface area contributed by atoms with Crippen LogP contribution >= 0.6 is 11.3 Å². The first kappa shape index (κ1) is 33.5. The molecule has 0 unspecified atom stereocenters. The van der Waals surface area contributed by atoms with E-state index in [4.69, 9.17) is 14.9 Å². The lowest BCUT2D eigenvalue weighted by atomic mass is 10.0. The van der Waals surface area contributed by atoms with Gasteiger partial charge in [-0.3, -0.25) is 25.1 Å². The Morgan fingerprint density at radius 3 is 2.43 bits per heavy atom. The first-order chi connectivity index (χ1) is 22.5. The van der Waals surface area contributed by atoms with Crippen molar-refractivity contribution in [3.63, 3.8) is 0 Å². The number of ether oxygens (including phenoxy) is 2. The Morgan fingerprint density at radius 1 is 1.02 bits per heavy atom. The van der Waals surface area contributed by atoms with Gasteiger partial charge in [0, 0.05) is 35.2 Å². The number of likely N-dealkylation sites (tertiary alicyclic amines) is 1. The number of alkyl carbamates (subject to hydrolysis) is 1. The van der Waals surface area contributed by atoms with Crippen molar-refractivity contribution in [3.05, 3.63) is 88.1 Å². The number of amidine groups is 1. The molecule has 1 saturated heterocycles. The number of hydrogen-bond donors (Lipinski definition) is 4. The molecule has 0 bridgehead atoms. The van der Waals surface area contributed by atoms with Crippen LogP contribution in [0, 0.1) is 10.8 Å². The van der Waals surface area contributed by atoms with Gasteiger partial charge in [-0.05, 0) is 36.6 Å². The molecule has 4 amide bonds. The topological polar surface area (TPSA) is 150 Å². The molecule has 248 valence electrons. The van der Waals surface area contributed by atoms with E-state index in [1.54, 1.807) is 35.7 Å². The van der Waals surface area contributed by atoms with E-state index in [2.05, 4.69) is 16.0 Å². The predicted octanol–water partition coefficient (Wildman–Crippen LogP) is 4.22. The van der Waals surface area contributed by atoms with Crippen LogP contribution in [0.5, 0.6) is 5.75 Å². The Hall–Kier alpha value is -4.85. The lowest BCUT2D eigenvalue weighted by molar-refractivity contribution is -0.138. The molecule has 5 rings (SSSR count). The highest BCUT2D eigenvalue weighted by molar-refractivity contribution is 7.10. The number of carbonyl (C=O) groups is 4. The minimum absolute atomic E-state index is 0.0267. The summed E-state index contributed by atoms with van der Waals surface area (Å²) in [5.74, 6) is -4.07. The third-order valence-electron chi connectivity index (χ3n) is 8.08. The first-order valence-electron chi connectivity index (χ1n) is 15.1. The van der Waals surface area contributed by atoms with Crippen molar-refractivity contribution in [3.8, 4) is 5.75 Å². The van der Waals surface area contributed by atoms with Crippen molar-refractivity contribution in [2.75, 3.05) is 19.7 Å². The van der Waals surface area contributed by atoms with Crippen molar-refractivity contribution in [2.24, 2.45) is 5.41 Å². The second-order valence-electron chi connectivity index (χ2n) is 11.5. The van der Waals surface area contributed by atoms with Gasteiger partial charge in [-0.1, -0.05) is 48.5 Å². The Balaban J connectivity index is 1.08. The second-order valence-corrected chi connectivity index (χ2v) is 12.5. The summed E-state index contributed by atoms with van der Waals surface area (Å²) in [7, 11) is 0. The van der Waals surface area contributed by atoms with Gasteiger partial charge in [0.05, 0.1) is 25.1 Å². The lowest BCUT2D eigenvalue weighted by Gasteiger charge is -2.24. The molecule has 1 aliphatic heterocycles. The summed E-state index contributed by atoms with van der Waals surface area (Å²) in [5, 5.41) is 17.4. The summed E-state index contributed by atoms with van der Waals surface area (Å²) < 4.78 is 39.3. The maximum absolute atomic E-state index is 14.3. The monoisotopic (exact) mass is 667 g/mol. The summed E-state index contributed by atoms with van der Waals surface area (Å²) in [6.07, 6.45) is -0.852. The van der Waals surface area contributed by atoms with Gasteiger partial charge >= 0.3 is 6.09 Å². The lowest BCUT2D eigenvalue weighted by Crippen LogP contribution is -2.48. The van der Waals surface area contributed by atoms with E-state index in [1.807, 2.05) is 36.4 Å². The molecule has 1 spiro atoms. The standard InChI is InChI=1S/C33H35F2N5O6S/c34-33(35)20-32(33)15-26(40(21-32)28(42)17-37-27(41)12-7-13-45-24-10-5-2-6-11-24)30(43)38-16-25-14-23(19-47-25)29(36)39-31(44)46-18-22-8-3-1-4-9-22/h1-6,8-11,14,19,26H,7,12-13,15-18,20-21H2,(H,37,41)(H,38,43)(H2,36,39,44)/t26-,32-/m0/s1. The third-order valence-corrected chi connectivity index (χ3v) is 9.02. The molecule has 2 fully saturated rings. The summed E-state index contributed by atoms with van der Waals surface area (Å²) in [5.41, 5.74) is -0.255. The van der Waals surface area contributed by atoms with Crippen LogP contribution in [-0.2, 0) is 32.3 Å². The molecule has 1 saturated carbocycles. The molecular weight excluding hydrogens is 632 g/mol. The molecular formula is C33H35F2N5O6S.